The minimum atomic E-state index is -0.841. The van der Waals surface area contributed by atoms with Crippen molar-refractivity contribution in [2.24, 2.45) is 5.92 Å². The molecule has 35 heavy (non-hydrogen) atoms. The summed E-state index contributed by atoms with van der Waals surface area (Å²) in [7, 11) is 0. The van der Waals surface area contributed by atoms with Gasteiger partial charge in [-0.1, -0.05) is 89.1 Å². The van der Waals surface area contributed by atoms with Gasteiger partial charge in [-0.05, 0) is 49.4 Å². The van der Waals surface area contributed by atoms with Crippen LogP contribution in [0.15, 0.2) is 48.5 Å². The highest BCUT2D eigenvalue weighted by molar-refractivity contribution is 5.84. The van der Waals surface area contributed by atoms with Crippen LogP contribution in [-0.4, -0.2) is 24.6 Å². The largest absolute Gasteiger partial charge is 0.494 e. The minimum absolute atomic E-state index is 0.104. The Kier molecular flexibility index (Phi) is 11.1. The molecule has 1 aliphatic heterocycles. The second kappa shape index (κ2) is 14.6. The van der Waals surface area contributed by atoms with Crippen molar-refractivity contribution in [1.29, 1.82) is 0 Å². The van der Waals surface area contributed by atoms with Gasteiger partial charge in [0, 0.05) is 5.56 Å². The Hall–Kier alpha value is -2.82. The van der Waals surface area contributed by atoms with Crippen LogP contribution in [0.3, 0.4) is 0 Å². The Bertz CT molecular complexity index is 921. The van der Waals surface area contributed by atoms with Gasteiger partial charge in [0.25, 0.3) is 0 Å². The highest BCUT2D eigenvalue weighted by atomic mass is 16.6. The van der Waals surface area contributed by atoms with Crippen LogP contribution in [0.1, 0.15) is 84.5 Å². The summed E-state index contributed by atoms with van der Waals surface area (Å²) in [5, 5.41) is 0. The number of para-hydroxylation sites is 1. The number of hydrogen-bond donors (Lipinski definition) is 0. The molecule has 0 radical (unpaired) electrons. The summed E-state index contributed by atoms with van der Waals surface area (Å²) in [4.78, 5) is 25.1. The third-order valence-electron chi connectivity index (χ3n) is 6.57. The van der Waals surface area contributed by atoms with E-state index in [1.54, 1.807) is 6.07 Å². The van der Waals surface area contributed by atoms with Crippen molar-refractivity contribution < 1.29 is 23.8 Å². The third-order valence-corrected chi connectivity index (χ3v) is 6.57. The van der Waals surface area contributed by atoms with Crippen LogP contribution in [0, 0.1) is 5.92 Å². The van der Waals surface area contributed by atoms with Gasteiger partial charge < -0.3 is 14.2 Å². The predicted molar refractivity (Wildman–Crippen MR) is 139 cm³/mol. The molecule has 0 bridgehead atoms. The molecule has 2 aromatic carbocycles. The zero-order valence-electron chi connectivity index (χ0n) is 21.3. The first-order chi connectivity index (χ1) is 17.1. The average Bonchev–Trinajstić information content (AvgIpc) is 2.88. The highest BCUT2D eigenvalue weighted by Crippen LogP contribution is 2.32. The van der Waals surface area contributed by atoms with Gasteiger partial charge in [0.2, 0.25) is 0 Å². The number of ether oxygens (including phenoxy) is 3. The maximum absolute atomic E-state index is 12.8. The molecule has 0 spiro atoms. The summed E-state index contributed by atoms with van der Waals surface area (Å²) in [6.07, 6.45) is 10.6. The second-order valence-electron chi connectivity index (χ2n) is 9.40. The maximum atomic E-state index is 12.8. The summed E-state index contributed by atoms with van der Waals surface area (Å²) in [6, 6.07) is 15.3. The van der Waals surface area contributed by atoms with E-state index >= 15 is 0 Å². The lowest BCUT2D eigenvalue weighted by Gasteiger charge is -2.26. The topological polar surface area (TPSA) is 61.8 Å². The van der Waals surface area contributed by atoms with Gasteiger partial charge in [0.15, 0.2) is 6.10 Å². The first kappa shape index (κ1) is 26.8. The number of rotatable bonds is 14. The summed E-state index contributed by atoms with van der Waals surface area (Å²) in [5.41, 5.74) is 1.74. The monoisotopic (exact) mass is 480 g/mol. The first-order valence-corrected chi connectivity index (χ1v) is 13.4. The van der Waals surface area contributed by atoms with E-state index in [2.05, 4.69) is 13.8 Å². The average molecular weight is 481 g/mol. The molecule has 190 valence electrons. The molecule has 5 nitrogen and oxygen atoms in total. The van der Waals surface area contributed by atoms with Crippen LogP contribution in [-0.2, 0) is 14.3 Å². The highest BCUT2D eigenvalue weighted by Gasteiger charge is 2.35. The van der Waals surface area contributed by atoms with Gasteiger partial charge in [-0.3, -0.25) is 4.79 Å². The van der Waals surface area contributed by atoms with Crippen molar-refractivity contribution in [3.05, 3.63) is 48.5 Å². The molecule has 1 fully saturated rings. The Morgan fingerprint density at radius 1 is 0.886 bits per heavy atom. The SMILES string of the molecule is CCCCCCCCOc1ccc(-c2ccccc2OC(=O)[C@@H]2CC[C@H](CCCC)C(=O)O2)cc1. The molecule has 0 aromatic heterocycles. The molecule has 0 amide bonds. The standard InChI is InChI=1S/C30H40O5/c1-3-5-7-8-9-12-22-33-25-19-16-23(17-20-25)26-14-10-11-15-27(26)34-30(32)28-21-18-24(13-6-4-2)29(31)35-28/h10-11,14-17,19-20,24,28H,3-9,12-13,18,21-22H2,1-2H3/t24-,28-/m0/s1. The van der Waals surface area contributed by atoms with Crippen molar-refractivity contribution in [1.82, 2.24) is 0 Å². The molecule has 2 aromatic rings. The van der Waals surface area contributed by atoms with E-state index in [1.165, 1.54) is 32.1 Å². The summed E-state index contributed by atoms with van der Waals surface area (Å²) in [6.45, 7) is 5.05. The molecule has 3 rings (SSSR count). The lowest BCUT2D eigenvalue weighted by Crippen LogP contribution is -2.38. The first-order valence-electron chi connectivity index (χ1n) is 13.4. The van der Waals surface area contributed by atoms with E-state index in [1.807, 2.05) is 42.5 Å². The number of hydrogen-bond acceptors (Lipinski definition) is 5. The fourth-order valence-electron chi connectivity index (χ4n) is 4.42. The van der Waals surface area contributed by atoms with E-state index < -0.39 is 12.1 Å². The number of carbonyl (C=O) groups is 2. The number of benzene rings is 2. The fourth-order valence-corrected chi connectivity index (χ4v) is 4.42. The molecular weight excluding hydrogens is 440 g/mol. The molecule has 2 atom stereocenters. The van der Waals surface area contributed by atoms with E-state index in [9.17, 15) is 9.59 Å². The van der Waals surface area contributed by atoms with Crippen LogP contribution in [0.5, 0.6) is 11.5 Å². The Morgan fingerprint density at radius 2 is 1.60 bits per heavy atom. The van der Waals surface area contributed by atoms with Crippen molar-refractivity contribution >= 4 is 11.9 Å². The van der Waals surface area contributed by atoms with Crippen LogP contribution in [0.4, 0.5) is 0 Å². The van der Waals surface area contributed by atoms with Crippen molar-refractivity contribution in [3.63, 3.8) is 0 Å². The van der Waals surface area contributed by atoms with Gasteiger partial charge in [0.1, 0.15) is 11.5 Å². The molecule has 1 heterocycles. The van der Waals surface area contributed by atoms with Gasteiger partial charge >= 0.3 is 11.9 Å². The van der Waals surface area contributed by atoms with Gasteiger partial charge in [-0.15, -0.1) is 0 Å². The van der Waals surface area contributed by atoms with Crippen LogP contribution in [0.25, 0.3) is 11.1 Å². The Morgan fingerprint density at radius 3 is 2.34 bits per heavy atom. The van der Waals surface area contributed by atoms with E-state index in [4.69, 9.17) is 14.2 Å². The summed E-state index contributed by atoms with van der Waals surface area (Å²) in [5.74, 6) is 0.397. The van der Waals surface area contributed by atoms with Crippen LogP contribution < -0.4 is 9.47 Å². The minimum Gasteiger partial charge on any atom is -0.494 e. The van der Waals surface area contributed by atoms with Gasteiger partial charge in [0.05, 0.1) is 12.5 Å². The molecule has 0 aliphatic carbocycles. The molecule has 0 unspecified atom stereocenters. The predicted octanol–water partition coefficient (Wildman–Crippen LogP) is 7.51. The normalized spacial score (nSPS) is 17.6. The number of unbranched alkanes of at least 4 members (excludes halogenated alkanes) is 6. The van der Waals surface area contributed by atoms with Crippen LogP contribution >= 0.6 is 0 Å². The summed E-state index contributed by atoms with van der Waals surface area (Å²) < 4.78 is 17.0. The van der Waals surface area contributed by atoms with Gasteiger partial charge in [-0.2, -0.15) is 0 Å². The Balaban J connectivity index is 1.53. The lowest BCUT2D eigenvalue weighted by atomic mass is 9.93. The maximum Gasteiger partial charge on any atom is 0.352 e. The van der Waals surface area contributed by atoms with Crippen molar-refractivity contribution in [3.8, 4) is 22.6 Å². The summed E-state index contributed by atoms with van der Waals surface area (Å²) >= 11 is 0. The van der Waals surface area contributed by atoms with E-state index in [-0.39, 0.29) is 11.9 Å². The van der Waals surface area contributed by atoms with E-state index in [0.717, 1.165) is 49.2 Å². The molecule has 0 saturated carbocycles. The van der Waals surface area contributed by atoms with Crippen LogP contribution in [0.2, 0.25) is 0 Å². The fraction of sp³-hybridized carbons (Fsp3) is 0.533. The molecule has 1 aliphatic rings. The smallest absolute Gasteiger partial charge is 0.352 e. The van der Waals surface area contributed by atoms with Crippen molar-refractivity contribution in [2.75, 3.05) is 6.61 Å². The number of carbonyl (C=O) groups excluding carboxylic acids is 2. The zero-order chi connectivity index (χ0) is 24.9. The molecular formula is C30H40O5. The quantitative estimate of drug-likeness (QED) is 0.159. The van der Waals surface area contributed by atoms with Crippen molar-refractivity contribution in [2.45, 2.75) is 90.6 Å². The number of esters is 2. The Labute approximate surface area is 210 Å². The molecule has 5 heteroatoms. The number of cyclic esters (lactones) is 1. The van der Waals surface area contributed by atoms with Gasteiger partial charge in [-0.25, -0.2) is 4.79 Å². The molecule has 0 N–H and O–H groups in total. The lowest BCUT2D eigenvalue weighted by molar-refractivity contribution is -0.171. The third kappa shape index (κ3) is 8.41. The van der Waals surface area contributed by atoms with E-state index in [0.29, 0.717) is 18.6 Å². The zero-order valence-corrected chi connectivity index (χ0v) is 21.3. The second-order valence-corrected chi connectivity index (χ2v) is 9.40. The molecule has 1 saturated heterocycles.